The van der Waals surface area contributed by atoms with E-state index in [4.69, 9.17) is 32.8 Å². The second-order valence-electron chi connectivity index (χ2n) is 9.08. The molecule has 0 N–H and O–H groups in total. The summed E-state index contributed by atoms with van der Waals surface area (Å²) in [4.78, 5) is 64.9. The summed E-state index contributed by atoms with van der Waals surface area (Å²) in [6, 6.07) is 4.42. The molecule has 3 heterocycles. The summed E-state index contributed by atoms with van der Waals surface area (Å²) in [5.41, 5.74) is 2.37. The molecule has 14 heteroatoms. The van der Waals surface area contributed by atoms with E-state index < -0.39 is 61.2 Å². The van der Waals surface area contributed by atoms with E-state index in [0.717, 1.165) is 20.8 Å². The third-order valence-electron chi connectivity index (χ3n) is 5.93. The predicted octanol–water partition coefficient (Wildman–Crippen LogP) is 2.69. The first-order chi connectivity index (χ1) is 19.4. The topological polar surface area (TPSA) is 167 Å². The molecule has 0 saturated carbocycles. The number of benzene rings is 1. The average molecular weight is 590 g/mol. The maximum Gasteiger partial charge on any atom is 0.303 e. The lowest BCUT2D eigenvalue weighted by atomic mass is 9.98. The summed E-state index contributed by atoms with van der Waals surface area (Å²) in [5, 5.41) is 2.01. The number of carbonyl (C=O) groups excluding carboxylic acids is 4. The number of fused-ring (bicyclic) bond motifs is 1. The third-order valence-corrected chi connectivity index (χ3v) is 6.52. The van der Waals surface area contributed by atoms with Gasteiger partial charge in [0.05, 0.1) is 22.2 Å². The molecule has 0 amide bonds. The second kappa shape index (κ2) is 12.5. The van der Waals surface area contributed by atoms with Gasteiger partial charge in [-0.15, -0.1) is 11.3 Å². The van der Waals surface area contributed by atoms with Crippen molar-refractivity contribution in [1.82, 2.24) is 4.98 Å². The van der Waals surface area contributed by atoms with E-state index in [1.165, 1.54) is 36.5 Å². The van der Waals surface area contributed by atoms with E-state index in [9.17, 15) is 24.0 Å². The maximum atomic E-state index is 13.2. The molecule has 0 radical (unpaired) electrons. The number of carbonyl (C=O) groups is 4. The Bertz CT molecular complexity index is 1510. The van der Waals surface area contributed by atoms with E-state index in [-0.39, 0.29) is 22.1 Å². The fourth-order valence-corrected chi connectivity index (χ4v) is 4.95. The Kier molecular flexibility index (Phi) is 9.03. The van der Waals surface area contributed by atoms with Crippen LogP contribution < -0.4 is 10.2 Å². The van der Waals surface area contributed by atoms with Crippen molar-refractivity contribution in [3.8, 4) is 17.0 Å². The van der Waals surface area contributed by atoms with Crippen LogP contribution in [0.1, 0.15) is 33.5 Å². The minimum Gasteiger partial charge on any atom is -0.463 e. The molecule has 0 bridgehead atoms. The van der Waals surface area contributed by atoms with Crippen molar-refractivity contribution in [1.29, 1.82) is 0 Å². The van der Waals surface area contributed by atoms with E-state index >= 15 is 0 Å². The molecule has 5 atom stereocenters. The molecule has 1 saturated heterocycles. The number of nitrogens with zero attached hydrogens (tertiary/aromatic N) is 1. The van der Waals surface area contributed by atoms with Gasteiger partial charge in [-0.25, -0.2) is 4.98 Å². The van der Waals surface area contributed by atoms with Crippen LogP contribution in [0.5, 0.6) is 5.75 Å². The number of esters is 4. The van der Waals surface area contributed by atoms with Crippen molar-refractivity contribution in [3.63, 3.8) is 0 Å². The summed E-state index contributed by atoms with van der Waals surface area (Å²) in [7, 11) is 0. The standard InChI is InChI=1S/C27H27NO12S/c1-12-22(19-10-41-11-28-19)23(33)18-7-6-17(8-20(18)35-12)39-27-26(38-16(5)32)25(37-15(4)31)24(36-14(3)30)21(40-27)9-34-13(2)29/h6-8,10-11,21,24-27H,9H2,1-5H3/t21-,24+,25+,26+,27+/m0/s1. The first kappa shape index (κ1) is 29.7. The number of thiazole rings is 1. The van der Waals surface area contributed by atoms with Crippen LogP contribution in [-0.4, -0.2) is 66.2 Å². The van der Waals surface area contributed by atoms with Gasteiger partial charge in [0.15, 0.2) is 12.2 Å². The van der Waals surface area contributed by atoms with Crippen molar-refractivity contribution < 1.29 is 52.0 Å². The Labute approximate surface area is 237 Å². The molecule has 1 aliphatic rings. The number of hydrogen-bond acceptors (Lipinski definition) is 14. The Hall–Kier alpha value is -4.30. The molecule has 4 rings (SSSR count). The van der Waals surface area contributed by atoms with E-state index in [2.05, 4.69) is 4.98 Å². The lowest BCUT2D eigenvalue weighted by molar-refractivity contribution is -0.288. The molecule has 41 heavy (non-hydrogen) atoms. The van der Waals surface area contributed by atoms with Gasteiger partial charge < -0.3 is 32.8 Å². The monoisotopic (exact) mass is 589 g/mol. The molecule has 2 aromatic heterocycles. The zero-order valence-electron chi connectivity index (χ0n) is 22.7. The van der Waals surface area contributed by atoms with Gasteiger partial charge >= 0.3 is 23.9 Å². The molecule has 0 spiro atoms. The lowest BCUT2D eigenvalue weighted by Crippen LogP contribution is -2.63. The Balaban J connectivity index is 1.73. The quantitative estimate of drug-likeness (QED) is 0.278. The van der Waals surface area contributed by atoms with Crippen molar-refractivity contribution in [3.05, 3.63) is 45.1 Å². The van der Waals surface area contributed by atoms with Crippen LogP contribution in [0.3, 0.4) is 0 Å². The van der Waals surface area contributed by atoms with Gasteiger partial charge in [0.1, 0.15) is 29.8 Å². The SMILES string of the molecule is CC(=O)OC[C@@H]1O[C@@H](Oc2ccc3c(=O)c(-c4cscn4)c(C)oc3c2)[C@H](OC(C)=O)[C@H](OC(C)=O)[C@@H]1OC(C)=O. The fraction of sp³-hybridized carbons (Fsp3) is 0.407. The number of rotatable bonds is 8. The zero-order valence-corrected chi connectivity index (χ0v) is 23.6. The molecule has 0 unspecified atom stereocenters. The summed E-state index contributed by atoms with van der Waals surface area (Å²) in [5.74, 6) is -2.44. The van der Waals surface area contributed by atoms with Gasteiger partial charge in [-0.3, -0.25) is 24.0 Å². The smallest absolute Gasteiger partial charge is 0.303 e. The summed E-state index contributed by atoms with van der Waals surface area (Å²) in [6.45, 7) is 5.79. The van der Waals surface area contributed by atoms with E-state index in [1.54, 1.807) is 17.8 Å². The summed E-state index contributed by atoms with van der Waals surface area (Å²) < 4.78 is 39.1. The average Bonchev–Trinajstić information content (AvgIpc) is 3.40. The number of aromatic nitrogens is 1. The van der Waals surface area contributed by atoms with Crippen LogP contribution in [0.15, 0.2) is 38.3 Å². The molecule has 13 nitrogen and oxygen atoms in total. The normalized spacial score (nSPS) is 22.0. The Morgan fingerprint density at radius 3 is 2.20 bits per heavy atom. The molecule has 3 aromatic rings. The Morgan fingerprint density at radius 1 is 0.927 bits per heavy atom. The molecule has 0 aliphatic carbocycles. The summed E-state index contributed by atoms with van der Waals surface area (Å²) >= 11 is 1.35. The number of hydrogen-bond donors (Lipinski definition) is 0. The van der Waals surface area contributed by atoms with Gasteiger partial charge in [-0.1, -0.05) is 0 Å². The van der Waals surface area contributed by atoms with Crippen LogP contribution in [-0.2, 0) is 42.9 Å². The minimum atomic E-state index is -1.44. The van der Waals surface area contributed by atoms with Gasteiger partial charge in [0.2, 0.25) is 17.8 Å². The molecule has 1 aliphatic heterocycles. The molecular weight excluding hydrogens is 562 g/mol. The van der Waals surface area contributed by atoms with Gasteiger partial charge in [0, 0.05) is 39.1 Å². The van der Waals surface area contributed by atoms with E-state index in [1.807, 2.05) is 0 Å². The highest BCUT2D eigenvalue weighted by Crippen LogP contribution is 2.32. The van der Waals surface area contributed by atoms with Crippen LogP contribution in [0.2, 0.25) is 0 Å². The molecule has 218 valence electrons. The van der Waals surface area contributed by atoms with Crippen molar-refractivity contribution in [2.75, 3.05) is 6.61 Å². The first-order valence-corrected chi connectivity index (χ1v) is 13.3. The molecular formula is C27H27NO12S. The van der Waals surface area contributed by atoms with E-state index in [0.29, 0.717) is 17.0 Å². The maximum absolute atomic E-state index is 13.2. The van der Waals surface area contributed by atoms with Crippen LogP contribution in [0.4, 0.5) is 0 Å². The largest absolute Gasteiger partial charge is 0.463 e. The molecule has 1 aromatic carbocycles. The van der Waals surface area contributed by atoms with Crippen molar-refractivity contribution >= 4 is 46.2 Å². The first-order valence-electron chi connectivity index (χ1n) is 12.4. The molecule has 1 fully saturated rings. The van der Waals surface area contributed by atoms with Crippen molar-refractivity contribution in [2.24, 2.45) is 0 Å². The Morgan fingerprint density at radius 2 is 1.59 bits per heavy atom. The third kappa shape index (κ3) is 6.89. The number of aryl methyl sites for hydroxylation is 1. The van der Waals surface area contributed by atoms with Gasteiger partial charge in [0.25, 0.3) is 0 Å². The highest BCUT2D eigenvalue weighted by molar-refractivity contribution is 7.07. The predicted molar refractivity (Wildman–Crippen MR) is 141 cm³/mol. The highest BCUT2D eigenvalue weighted by atomic mass is 32.1. The lowest BCUT2D eigenvalue weighted by Gasteiger charge is -2.43. The number of ether oxygens (including phenoxy) is 6. The van der Waals surface area contributed by atoms with Crippen LogP contribution >= 0.6 is 11.3 Å². The van der Waals surface area contributed by atoms with Gasteiger partial charge in [-0.05, 0) is 19.1 Å². The minimum absolute atomic E-state index is 0.141. The highest BCUT2D eigenvalue weighted by Gasteiger charge is 2.53. The summed E-state index contributed by atoms with van der Waals surface area (Å²) in [6.07, 6.45) is -6.73. The van der Waals surface area contributed by atoms with Gasteiger partial charge in [-0.2, -0.15) is 0 Å². The van der Waals surface area contributed by atoms with Crippen LogP contribution in [0.25, 0.3) is 22.2 Å². The van der Waals surface area contributed by atoms with Crippen molar-refractivity contribution in [2.45, 2.75) is 65.3 Å². The second-order valence-corrected chi connectivity index (χ2v) is 9.80. The van der Waals surface area contributed by atoms with Crippen LogP contribution in [0, 0.1) is 6.92 Å². The fourth-order valence-electron chi connectivity index (χ4n) is 4.41. The zero-order chi connectivity index (χ0) is 29.8.